The monoisotopic (exact) mass is 456 g/mol. The second-order valence-corrected chi connectivity index (χ2v) is 10.3. The number of aromatic amines is 1. The lowest BCUT2D eigenvalue weighted by molar-refractivity contribution is 0.272. The fourth-order valence-corrected chi connectivity index (χ4v) is 6.77. The van der Waals surface area contributed by atoms with Gasteiger partial charge in [-0.2, -0.15) is 0 Å². The first-order chi connectivity index (χ1) is 15.2. The SMILES string of the molecule is COc1ccccc1N1CCN(CCSc2nc3sc4c(c3c(=O)[nH]2)CCCC4)CC1. The van der Waals surface area contributed by atoms with E-state index in [4.69, 9.17) is 9.72 Å². The lowest BCUT2D eigenvalue weighted by Gasteiger charge is -2.36. The van der Waals surface area contributed by atoms with Gasteiger partial charge in [0.25, 0.3) is 5.56 Å². The molecule has 5 rings (SSSR count). The summed E-state index contributed by atoms with van der Waals surface area (Å²) in [4.78, 5) is 27.7. The van der Waals surface area contributed by atoms with E-state index < -0.39 is 0 Å². The van der Waals surface area contributed by atoms with Crippen LogP contribution in [-0.2, 0) is 12.8 Å². The number of thioether (sulfide) groups is 1. The van der Waals surface area contributed by atoms with Gasteiger partial charge in [0.05, 0.1) is 18.2 Å². The number of piperazine rings is 1. The molecule has 1 fully saturated rings. The molecule has 0 radical (unpaired) electrons. The molecule has 2 aliphatic rings. The number of aryl methyl sites for hydroxylation is 2. The van der Waals surface area contributed by atoms with Gasteiger partial charge in [-0.25, -0.2) is 4.98 Å². The maximum atomic E-state index is 12.7. The van der Waals surface area contributed by atoms with Crippen LogP contribution in [0.4, 0.5) is 5.69 Å². The van der Waals surface area contributed by atoms with Crippen LogP contribution in [0, 0.1) is 0 Å². The van der Waals surface area contributed by atoms with E-state index in [1.54, 1.807) is 30.2 Å². The molecule has 31 heavy (non-hydrogen) atoms. The van der Waals surface area contributed by atoms with Crippen LogP contribution >= 0.6 is 23.1 Å². The van der Waals surface area contributed by atoms with Crippen molar-refractivity contribution in [2.45, 2.75) is 30.8 Å². The summed E-state index contributed by atoms with van der Waals surface area (Å²) >= 11 is 3.38. The fourth-order valence-electron chi connectivity index (χ4n) is 4.59. The van der Waals surface area contributed by atoms with E-state index in [0.717, 1.165) is 72.4 Å². The standard InChI is InChI=1S/C23H28N4O2S2/c1-29-18-8-4-3-7-17(18)27-12-10-26(11-13-27)14-15-30-23-24-21(28)20-16-6-2-5-9-19(16)31-22(20)25-23/h3-4,7-8H,2,5-6,9-15H2,1H3,(H,24,25,28). The average molecular weight is 457 g/mol. The summed E-state index contributed by atoms with van der Waals surface area (Å²) in [5.74, 6) is 1.86. The van der Waals surface area contributed by atoms with Crippen LogP contribution in [0.15, 0.2) is 34.2 Å². The third-order valence-corrected chi connectivity index (χ3v) is 8.29. The van der Waals surface area contributed by atoms with Crippen LogP contribution in [0.2, 0.25) is 0 Å². The van der Waals surface area contributed by atoms with Gasteiger partial charge in [-0.15, -0.1) is 11.3 Å². The Morgan fingerprint density at radius 2 is 1.97 bits per heavy atom. The molecule has 1 N–H and O–H groups in total. The van der Waals surface area contributed by atoms with E-state index in [1.165, 1.54) is 29.0 Å². The Morgan fingerprint density at radius 3 is 2.81 bits per heavy atom. The van der Waals surface area contributed by atoms with E-state index in [-0.39, 0.29) is 5.56 Å². The van der Waals surface area contributed by atoms with Crippen molar-refractivity contribution in [3.8, 4) is 5.75 Å². The van der Waals surface area contributed by atoms with Crippen LogP contribution in [0.3, 0.4) is 0 Å². The van der Waals surface area contributed by atoms with E-state index in [9.17, 15) is 4.79 Å². The Balaban J connectivity index is 1.17. The first-order valence-corrected chi connectivity index (χ1v) is 12.8. The molecule has 6 nitrogen and oxygen atoms in total. The predicted molar refractivity (Wildman–Crippen MR) is 129 cm³/mol. The molecule has 1 aliphatic carbocycles. The van der Waals surface area contributed by atoms with Gasteiger partial charge >= 0.3 is 0 Å². The Bertz CT molecular complexity index is 1120. The predicted octanol–water partition coefficient (Wildman–Crippen LogP) is 3.79. The summed E-state index contributed by atoms with van der Waals surface area (Å²) < 4.78 is 5.51. The summed E-state index contributed by atoms with van der Waals surface area (Å²) in [6, 6.07) is 8.23. The molecular weight excluding hydrogens is 428 g/mol. The number of benzene rings is 1. The van der Waals surface area contributed by atoms with Crippen molar-refractivity contribution in [3.63, 3.8) is 0 Å². The van der Waals surface area contributed by atoms with Gasteiger partial charge in [0.1, 0.15) is 10.6 Å². The zero-order chi connectivity index (χ0) is 21.2. The topological polar surface area (TPSA) is 61.5 Å². The fraction of sp³-hybridized carbons (Fsp3) is 0.478. The van der Waals surface area contributed by atoms with Gasteiger partial charge in [0.2, 0.25) is 0 Å². The van der Waals surface area contributed by atoms with Gasteiger partial charge < -0.3 is 14.6 Å². The van der Waals surface area contributed by atoms with Gasteiger partial charge in [0.15, 0.2) is 5.16 Å². The summed E-state index contributed by atoms with van der Waals surface area (Å²) in [5, 5.41) is 1.60. The number of hydrogen-bond donors (Lipinski definition) is 1. The first-order valence-electron chi connectivity index (χ1n) is 11.0. The average Bonchev–Trinajstić information content (AvgIpc) is 3.18. The summed E-state index contributed by atoms with van der Waals surface area (Å²) in [5.41, 5.74) is 2.47. The maximum Gasteiger partial charge on any atom is 0.260 e. The minimum Gasteiger partial charge on any atom is -0.495 e. The highest BCUT2D eigenvalue weighted by Crippen LogP contribution is 2.34. The van der Waals surface area contributed by atoms with Gasteiger partial charge in [-0.3, -0.25) is 9.69 Å². The highest BCUT2D eigenvalue weighted by atomic mass is 32.2. The number of rotatable bonds is 6. The number of H-pyrrole nitrogens is 1. The van der Waals surface area contributed by atoms with Crippen LogP contribution < -0.4 is 15.2 Å². The van der Waals surface area contributed by atoms with E-state index in [1.807, 2.05) is 12.1 Å². The third-order valence-electron chi connectivity index (χ3n) is 6.25. The number of nitrogens with one attached hydrogen (secondary N) is 1. The number of nitrogens with zero attached hydrogens (tertiary/aromatic N) is 3. The molecule has 0 saturated carbocycles. The Morgan fingerprint density at radius 1 is 1.16 bits per heavy atom. The molecule has 0 bridgehead atoms. The smallest absolute Gasteiger partial charge is 0.260 e. The van der Waals surface area contributed by atoms with Crippen molar-refractivity contribution in [1.82, 2.24) is 14.9 Å². The molecule has 0 amide bonds. The van der Waals surface area contributed by atoms with E-state index >= 15 is 0 Å². The Hall–Kier alpha value is -2.03. The molecule has 1 saturated heterocycles. The number of hydrogen-bond acceptors (Lipinski definition) is 7. The highest BCUT2D eigenvalue weighted by Gasteiger charge is 2.21. The van der Waals surface area contributed by atoms with Crippen molar-refractivity contribution < 1.29 is 4.74 Å². The molecular formula is C23H28N4O2S2. The summed E-state index contributed by atoms with van der Waals surface area (Å²) in [6.07, 6.45) is 4.52. The van der Waals surface area contributed by atoms with Crippen molar-refractivity contribution in [2.75, 3.05) is 50.5 Å². The minimum absolute atomic E-state index is 0.0392. The Kier molecular flexibility index (Phi) is 6.20. The van der Waals surface area contributed by atoms with Crippen LogP contribution in [-0.4, -0.2) is 60.5 Å². The number of fused-ring (bicyclic) bond motifs is 3. The van der Waals surface area contributed by atoms with Crippen molar-refractivity contribution in [2.24, 2.45) is 0 Å². The van der Waals surface area contributed by atoms with Gasteiger partial charge in [-0.1, -0.05) is 23.9 Å². The van der Waals surface area contributed by atoms with Crippen LogP contribution in [0.25, 0.3) is 10.2 Å². The zero-order valence-corrected chi connectivity index (χ0v) is 19.5. The molecule has 1 aromatic carbocycles. The number of para-hydroxylation sites is 2. The molecule has 0 spiro atoms. The molecule has 1 aliphatic heterocycles. The van der Waals surface area contributed by atoms with Gasteiger partial charge in [0, 0.05) is 43.4 Å². The molecule has 8 heteroatoms. The lowest BCUT2D eigenvalue weighted by Crippen LogP contribution is -2.47. The Labute approximate surface area is 190 Å². The minimum atomic E-state index is 0.0392. The van der Waals surface area contributed by atoms with Crippen LogP contribution in [0.5, 0.6) is 5.75 Å². The maximum absolute atomic E-state index is 12.7. The second kappa shape index (κ2) is 9.22. The second-order valence-electron chi connectivity index (χ2n) is 8.11. The lowest BCUT2D eigenvalue weighted by atomic mass is 9.97. The van der Waals surface area contributed by atoms with Gasteiger partial charge in [-0.05, 0) is 43.4 Å². The molecule has 0 unspecified atom stereocenters. The number of methoxy groups -OCH3 is 1. The molecule has 0 atom stereocenters. The van der Waals surface area contributed by atoms with E-state index in [2.05, 4.69) is 26.9 Å². The van der Waals surface area contributed by atoms with Crippen molar-refractivity contribution in [3.05, 3.63) is 45.1 Å². The quantitative estimate of drug-likeness (QED) is 0.450. The van der Waals surface area contributed by atoms with Crippen molar-refractivity contribution >= 4 is 39.0 Å². The third kappa shape index (κ3) is 4.33. The molecule has 3 aromatic rings. The largest absolute Gasteiger partial charge is 0.495 e. The zero-order valence-electron chi connectivity index (χ0n) is 17.9. The molecule has 164 valence electrons. The van der Waals surface area contributed by atoms with Crippen molar-refractivity contribution in [1.29, 1.82) is 0 Å². The number of aromatic nitrogens is 2. The number of anilines is 1. The normalized spacial score (nSPS) is 17.1. The number of thiophene rings is 1. The first kappa shape index (κ1) is 20.8. The molecule has 2 aromatic heterocycles. The summed E-state index contributed by atoms with van der Waals surface area (Å²) in [7, 11) is 1.73. The highest BCUT2D eigenvalue weighted by molar-refractivity contribution is 7.99. The number of ether oxygens (including phenoxy) is 1. The van der Waals surface area contributed by atoms with E-state index in [0.29, 0.717) is 0 Å². The molecule has 3 heterocycles. The summed E-state index contributed by atoms with van der Waals surface area (Å²) in [6.45, 7) is 5.03. The van der Waals surface area contributed by atoms with Crippen LogP contribution in [0.1, 0.15) is 23.3 Å².